The Balaban J connectivity index is 1.63. The van der Waals surface area contributed by atoms with Gasteiger partial charge in [0, 0.05) is 19.0 Å². The lowest BCUT2D eigenvalue weighted by molar-refractivity contribution is -0.216. The van der Waals surface area contributed by atoms with Crippen LogP contribution in [0, 0.1) is 5.41 Å². The van der Waals surface area contributed by atoms with Gasteiger partial charge in [-0.1, -0.05) is 12.2 Å². The number of rotatable bonds is 4. The molecule has 9 nitrogen and oxygen atoms in total. The molecule has 0 unspecified atom stereocenters. The van der Waals surface area contributed by atoms with Gasteiger partial charge in [0.2, 0.25) is 5.91 Å². The highest BCUT2D eigenvalue weighted by Gasteiger charge is 2.56. The number of nitrogens with zero attached hydrogens (tertiary/aromatic N) is 4. The number of aryl methyl sites for hydroxylation is 2. The molecule has 0 fully saturated rings. The molecular formula is C32H36F3N5O4. The molecule has 3 aromatic heterocycles. The zero-order valence-electron chi connectivity index (χ0n) is 25.6. The third kappa shape index (κ3) is 5.53. The van der Waals surface area contributed by atoms with Crippen molar-refractivity contribution in [3.63, 3.8) is 0 Å². The molecule has 44 heavy (non-hydrogen) atoms. The highest BCUT2D eigenvalue weighted by molar-refractivity contribution is 5.97. The highest BCUT2D eigenvalue weighted by atomic mass is 19.4. The number of hydrogen-bond acceptors (Lipinski definition) is 6. The number of allylic oxidation sites excluding steroid dienone is 2. The first-order chi connectivity index (χ1) is 20.7. The van der Waals surface area contributed by atoms with Crippen LogP contribution in [0.15, 0.2) is 42.5 Å². The molecule has 4 heterocycles. The number of alkyl halides is 3. The van der Waals surface area contributed by atoms with Gasteiger partial charge in [0.1, 0.15) is 22.3 Å². The van der Waals surface area contributed by atoms with E-state index < -0.39 is 35.9 Å². The molecule has 5 rings (SSSR count). The maximum Gasteiger partial charge on any atom is 0.403 e. The van der Waals surface area contributed by atoms with Crippen LogP contribution in [0.2, 0.25) is 0 Å². The number of carbonyl (C=O) groups is 2. The number of pyridine rings is 1. The number of fused-ring (bicyclic) bond motifs is 2. The maximum atomic E-state index is 14.0. The van der Waals surface area contributed by atoms with Crippen molar-refractivity contribution < 1.29 is 32.2 Å². The Labute approximate surface area is 253 Å². The van der Waals surface area contributed by atoms with Crippen LogP contribution in [-0.2, 0) is 23.1 Å². The van der Waals surface area contributed by atoms with Crippen LogP contribution in [-0.4, -0.2) is 50.4 Å². The molecule has 0 radical (unpaired) electrons. The van der Waals surface area contributed by atoms with Crippen molar-refractivity contribution in [1.82, 2.24) is 24.4 Å². The Morgan fingerprint density at radius 1 is 1.16 bits per heavy atom. The minimum absolute atomic E-state index is 0.286. The summed E-state index contributed by atoms with van der Waals surface area (Å²) in [6, 6.07) is 8.07. The van der Waals surface area contributed by atoms with Crippen molar-refractivity contribution in [2.75, 3.05) is 7.11 Å². The minimum atomic E-state index is -4.72. The summed E-state index contributed by atoms with van der Waals surface area (Å²) >= 11 is 0. The molecule has 1 aliphatic rings. The Hall–Kier alpha value is -4.35. The summed E-state index contributed by atoms with van der Waals surface area (Å²) < 4.78 is 57.0. The molecule has 0 spiro atoms. The number of ether oxygens (including phenoxy) is 2. The van der Waals surface area contributed by atoms with Gasteiger partial charge in [-0.2, -0.15) is 13.2 Å². The summed E-state index contributed by atoms with van der Waals surface area (Å²) in [6.07, 6.45) is -1.23. The normalized spacial score (nSPS) is 20.6. The summed E-state index contributed by atoms with van der Waals surface area (Å²) in [5.74, 6) is -0.484. The summed E-state index contributed by atoms with van der Waals surface area (Å²) in [6.45, 7) is 6.63. The third-order valence-corrected chi connectivity index (χ3v) is 8.09. The van der Waals surface area contributed by atoms with Crippen LogP contribution in [0.1, 0.15) is 69.1 Å². The number of halogens is 3. The number of nitrogens with one attached hydrogen (secondary N) is 1. The van der Waals surface area contributed by atoms with Crippen LogP contribution in [0.4, 0.5) is 13.2 Å². The fourth-order valence-corrected chi connectivity index (χ4v) is 5.46. The fourth-order valence-electron chi connectivity index (χ4n) is 5.46. The van der Waals surface area contributed by atoms with Crippen molar-refractivity contribution in [2.24, 2.45) is 12.5 Å². The number of carbonyl (C=O) groups excluding carboxylic acids is 2. The SMILES string of the molecule is COc1cc(C(=O)OC(C)C)cc2nc(-c3cc4ccc5nc4n3CCC/C=C/C[C@@](C)(C(F)(F)F)C(=O)N[C@@H]5C)n(C)c12. The molecule has 0 aliphatic carbocycles. The molecule has 0 saturated carbocycles. The second-order valence-electron chi connectivity index (χ2n) is 11.7. The van der Waals surface area contributed by atoms with E-state index in [1.165, 1.54) is 13.2 Å². The summed E-state index contributed by atoms with van der Waals surface area (Å²) in [4.78, 5) is 35.4. The Bertz CT molecular complexity index is 1770. The maximum absolute atomic E-state index is 14.0. The van der Waals surface area contributed by atoms with E-state index in [1.807, 2.05) is 28.3 Å². The van der Waals surface area contributed by atoms with Crippen molar-refractivity contribution in [3.8, 4) is 17.3 Å². The van der Waals surface area contributed by atoms with Crippen molar-refractivity contribution in [1.29, 1.82) is 0 Å². The average molecular weight is 612 g/mol. The monoisotopic (exact) mass is 611 g/mol. The highest BCUT2D eigenvalue weighted by Crippen LogP contribution is 2.42. The van der Waals surface area contributed by atoms with E-state index in [1.54, 1.807) is 45.0 Å². The lowest BCUT2D eigenvalue weighted by atomic mass is 9.84. The van der Waals surface area contributed by atoms with Crippen LogP contribution in [0.25, 0.3) is 33.6 Å². The zero-order valence-corrected chi connectivity index (χ0v) is 25.6. The zero-order chi connectivity index (χ0) is 32.0. The summed E-state index contributed by atoms with van der Waals surface area (Å²) in [7, 11) is 3.39. The molecule has 12 heteroatoms. The Morgan fingerprint density at radius 2 is 1.91 bits per heavy atom. The molecular weight excluding hydrogens is 575 g/mol. The summed E-state index contributed by atoms with van der Waals surface area (Å²) in [5, 5.41) is 3.35. The molecule has 1 N–H and O–H groups in total. The van der Waals surface area contributed by atoms with Gasteiger partial charge in [0.25, 0.3) is 0 Å². The molecule has 2 bridgehead atoms. The predicted octanol–water partition coefficient (Wildman–Crippen LogP) is 6.65. The van der Waals surface area contributed by atoms with E-state index in [4.69, 9.17) is 19.4 Å². The van der Waals surface area contributed by atoms with E-state index in [2.05, 4.69) is 5.32 Å². The smallest absolute Gasteiger partial charge is 0.403 e. The van der Waals surface area contributed by atoms with E-state index in [0.717, 1.165) is 18.0 Å². The second kappa shape index (κ2) is 11.6. The lowest BCUT2D eigenvalue weighted by Gasteiger charge is -2.31. The molecule has 1 amide bonds. The third-order valence-electron chi connectivity index (χ3n) is 8.09. The van der Waals surface area contributed by atoms with Crippen molar-refractivity contribution in [2.45, 2.75) is 71.8 Å². The molecule has 234 valence electrons. The largest absolute Gasteiger partial charge is 0.494 e. The first-order valence-corrected chi connectivity index (χ1v) is 14.5. The average Bonchev–Trinajstić information content (AvgIpc) is 3.49. The standard InChI is InChI=1S/C32H36F3N5O4/c1-18(2)44-29(41)21-15-23-26(25(17-21)43-6)39(5)28(38-23)24-16-20-11-12-22-19(3)36-30(42)31(4,32(33,34)35)13-9-7-8-10-14-40(24)27(20)37-22/h7,9,11-12,15-19H,8,10,13-14H2,1-6H3,(H,36,42)/b9-7+/t19-,31-/m1/s1. The van der Waals surface area contributed by atoms with E-state index in [9.17, 15) is 22.8 Å². The molecule has 0 saturated heterocycles. The summed E-state index contributed by atoms with van der Waals surface area (Å²) in [5.41, 5.74) is 0.846. The Morgan fingerprint density at radius 3 is 2.59 bits per heavy atom. The number of methoxy groups -OCH3 is 1. The number of benzene rings is 1. The lowest BCUT2D eigenvalue weighted by Crippen LogP contribution is -2.49. The molecule has 2 atom stereocenters. The van der Waals surface area contributed by atoms with Gasteiger partial charge in [-0.05, 0) is 77.3 Å². The van der Waals surface area contributed by atoms with E-state index in [-0.39, 0.29) is 6.10 Å². The number of aromatic nitrogens is 4. The number of amides is 1. The van der Waals surface area contributed by atoms with Gasteiger partial charge in [0.15, 0.2) is 5.82 Å². The minimum Gasteiger partial charge on any atom is -0.494 e. The second-order valence-corrected chi connectivity index (χ2v) is 11.7. The van der Waals surface area contributed by atoms with Gasteiger partial charge in [-0.25, -0.2) is 14.8 Å². The Kier molecular flexibility index (Phi) is 8.21. The van der Waals surface area contributed by atoms with E-state index >= 15 is 0 Å². The molecule has 4 aromatic rings. The topological polar surface area (TPSA) is 100 Å². The van der Waals surface area contributed by atoms with Crippen molar-refractivity contribution in [3.05, 3.63) is 53.7 Å². The number of hydrogen-bond donors (Lipinski definition) is 1. The van der Waals surface area contributed by atoms with Crippen LogP contribution >= 0.6 is 0 Å². The van der Waals surface area contributed by atoms with Crippen LogP contribution in [0.5, 0.6) is 5.75 Å². The van der Waals surface area contributed by atoms with Gasteiger partial charge < -0.3 is 23.9 Å². The predicted molar refractivity (Wildman–Crippen MR) is 160 cm³/mol. The van der Waals surface area contributed by atoms with Crippen LogP contribution in [0.3, 0.4) is 0 Å². The number of esters is 1. The van der Waals surface area contributed by atoms with Gasteiger partial charge in [-0.3, -0.25) is 4.79 Å². The van der Waals surface area contributed by atoms with Gasteiger partial charge in [-0.15, -0.1) is 0 Å². The van der Waals surface area contributed by atoms with Crippen LogP contribution < -0.4 is 10.1 Å². The fraction of sp³-hybridized carbons (Fsp3) is 0.438. The first kappa shape index (κ1) is 31.1. The number of imidazole rings is 1. The van der Waals surface area contributed by atoms with E-state index in [0.29, 0.717) is 58.9 Å². The quantitative estimate of drug-likeness (QED) is 0.205. The van der Waals surface area contributed by atoms with Crippen molar-refractivity contribution >= 4 is 33.9 Å². The molecule has 1 aromatic carbocycles. The van der Waals surface area contributed by atoms with Gasteiger partial charge >= 0.3 is 12.1 Å². The van der Waals surface area contributed by atoms with Gasteiger partial charge in [0.05, 0.1) is 41.7 Å². The molecule has 1 aliphatic heterocycles. The first-order valence-electron chi connectivity index (χ1n) is 14.5.